The fraction of sp³-hybridized carbons (Fsp3) is 0.375. The molecule has 0 saturated carbocycles. The summed E-state index contributed by atoms with van der Waals surface area (Å²) >= 11 is 1.18. The van der Waals surface area contributed by atoms with Gasteiger partial charge in [-0.2, -0.15) is 9.30 Å². The fourth-order valence-corrected chi connectivity index (χ4v) is 6.61. The third-order valence-electron chi connectivity index (χ3n) is 6.03. The predicted octanol–water partition coefficient (Wildman–Crippen LogP) is 3.22. The van der Waals surface area contributed by atoms with E-state index in [1.165, 1.54) is 56.9 Å². The molecule has 0 unspecified atom stereocenters. The summed E-state index contributed by atoms with van der Waals surface area (Å²) in [5, 5.41) is 11.1. The van der Waals surface area contributed by atoms with Gasteiger partial charge in [-0.3, -0.25) is 14.9 Å². The van der Waals surface area contributed by atoms with Crippen LogP contribution in [0.5, 0.6) is 0 Å². The first kappa shape index (κ1) is 27.4. The number of sulfonamides is 1. The molecule has 1 saturated heterocycles. The van der Waals surface area contributed by atoms with E-state index in [1.807, 2.05) is 11.5 Å². The van der Waals surface area contributed by atoms with Crippen molar-refractivity contribution in [1.29, 1.82) is 0 Å². The van der Waals surface area contributed by atoms with E-state index in [-0.39, 0.29) is 48.9 Å². The first-order chi connectivity index (χ1) is 18.1. The average Bonchev–Trinajstić information content (AvgIpc) is 3.25. The van der Waals surface area contributed by atoms with Gasteiger partial charge in [-0.1, -0.05) is 18.3 Å². The topological polar surface area (TPSA) is 144 Å². The van der Waals surface area contributed by atoms with Gasteiger partial charge in [0.1, 0.15) is 0 Å². The van der Waals surface area contributed by atoms with Crippen LogP contribution in [-0.2, 0) is 21.3 Å². The lowest BCUT2D eigenvalue weighted by Crippen LogP contribution is -2.50. The Labute approximate surface area is 223 Å². The number of rotatable bonds is 7. The van der Waals surface area contributed by atoms with Crippen molar-refractivity contribution >= 4 is 49.3 Å². The van der Waals surface area contributed by atoms with E-state index in [2.05, 4.69) is 4.99 Å². The highest BCUT2D eigenvalue weighted by molar-refractivity contribution is 7.89. The zero-order valence-electron chi connectivity index (χ0n) is 20.9. The largest absolute Gasteiger partial charge is 0.450 e. The Morgan fingerprint density at radius 2 is 1.76 bits per heavy atom. The molecule has 14 heteroatoms. The highest BCUT2D eigenvalue weighted by Crippen LogP contribution is 2.24. The number of aromatic nitrogens is 1. The SMILES string of the molecule is CCCn1c(=NC(=O)c2ccc(S(=O)(=O)N3CCN(C(=O)OCC)CC3)cc2)sc2cc([N+](=O)[O-])ccc21. The Balaban J connectivity index is 1.55. The monoisotopic (exact) mass is 561 g/mol. The molecule has 3 aromatic rings. The van der Waals surface area contributed by atoms with Crippen LogP contribution in [0.4, 0.5) is 10.5 Å². The van der Waals surface area contributed by atoms with E-state index >= 15 is 0 Å². The minimum absolute atomic E-state index is 0.0360. The molecule has 4 rings (SSSR count). The van der Waals surface area contributed by atoms with Crippen LogP contribution in [0.2, 0.25) is 0 Å². The first-order valence-corrected chi connectivity index (χ1v) is 14.3. The van der Waals surface area contributed by atoms with Crippen molar-refractivity contribution in [3.05, 3.63) is 62.9 Å². The zero-order valence-corrected chi connectivity index (χ0v) is 22.5. The quantitative estimate of drug-likeness (QED) is 0.318. The predicted molar refractivity (Wildman–Crippen MR) is 140 cm³/mol. The molecule has 0 atom stereocenters. The summed E-state index contributed by atoms with van der Waals surface area (Å²) in [5.41, 5.74) is 0.917. The molecule has 0 spiro atoms. The molecule has 1 fully saturated rings. The molecule has 1 aliphatic heterocycles. The number of nitrogens with zero attached hydrogens (tertiary/aromatic N) is 5. The van der Waals surface area contributed by atoms with Crippen molar-refractivity contribution in [2.75, 3.05) is 32.8 Å². The molecular weight excluding hydrogens is 534 g/mol. The molecule has 0 radical (unpaired) electrons. The van der Waals surface area contributed by atoms with Crippen LogP contribution >= 0.6 is 11.3 Å². The number of carbonyl (C=O) groups is 2. The highest BCUT2D eigenvalue weighted by atomic mass is 32.2. The van der Waals surface area contributed by atoms with Crippen LogP contribution in [0, 0.1) is 10.1 Å². The molecule has 2 heterocycles. The molecule has 12 nitrogen and oxygen atoms in total. The van der Waals surface area contributed by atoms with Crippen molar-refractivity contribution < 1.29 is 27.7 Å². The standard InChI is InChI=1S/C24H27N5O7S2/c1-3-11-28-20-10-7-18(29(32)33)16-21(20)37-23(28)25-22(30)17-5-8-19(9-6-17)38(34,35)27-14-12-26(13-15-27)24(31)36-4-2/h5-10,16H,3-4,11-15H2,1-2H3. The number of nitro groups is 1. The van der Waals surface area contributed by atoms with Crippen molar-refractivity contribution in [3.8, 4) is 0 Å². The van der Waals surface area contributed by atoms with Gasteiger partial charge >= 0.3 is 6.09 Å². The smallest absolute Gasteiger partial charge is 0.409 e. The molecule has 0 aliphatic carbocycles. The Hall–Kier alpha value is -3.62. The van der Waals surface area contributed by atoms with E-state index in [1.54, 1.807) is 13.0 Å². The number of carbonyl (C=O) groups excluding carboxylic acids is 2. The number of thiazole rings is 1. The third kappa shape index (κ3) is 5.61. The molecule has 2 aromatic carbocycles. The summed E-state index contributed by atoms with van der Waals surface area (Å²) in [6.07, 6.45) is 0.304. The number of nitro benzene ring substituents is 1. The Kier molecular flexibility index (Phi) is 8.23. The van der Waals surface area contributed by atoms with Crippen molar-refractivity contribution in [2.24, 2.45) is 4.99 Å². The highest BCUT2D eigenvalue weighted by Gasteiger charge is 2.30. The maximum atomic E-state index is 13.1. The van der Waals surface area contributed by atoms with Crippen LogP contribution in [0.1, 0.15) is 30.6 Å². The van der Waals surface area contributed by atoms with Gasteiger partial charge in [0.15, 0.2) is 4.80 Å². The van der Waals surface area contributed by atoms with Crippen LogP contribution in [0.15, 0.2) is 52.4 Å². The minimum Gasteiger partial charge on any atom is -0.450 e. The average molecular weight is 562 g/mol. The van der Waals surface area contributed by atoms with Crippen LogP contribution < -0.4 is 4.80 Å². The number of hydrogen-bond acceptors (Lipinski definition) is 8. The van der Waals surface area contributed by atoms with Crippen LogP contribution in [0.25, 0.3) is 10.2 Å². The van der Waals surface area contributed by atoms with E-state index in [9.17, 15) is 28.1 Å². The number of non-ortho nitro benzene ring substituents is 1. The molecule has 0 bridgehead atoms. The van der Waals surface area contributed by atoms with Gasteiger partial charge in [-0.05, 0) is 43.7 Å². The van der Waals surface area contributed by atoms with Gasteiger partial charge in [0.05, 0.1) is 26.6 Å². The second-order valence-electron chi connectivity index (χ2n) is 8.48. The maximum Gasteiger partial charge on any atom is 0.409 e. The number of amides is 2. The van der Waals surface area contributed by atoms with Gasteiger partial charge in [0.25, 0.3) is 11.6 Å². The molecule has 202 valence electrons. The number of ether oxygens (including phenoxy) is 1. The number of aryl methyl sites for hydroxylation is 1. The lowest BCUT2D eigenvalue weighted by Gasteiger charge is -2.33. The lowest BCUT2D eigenvalue weighted by atomic mass is 10.2. The van der Waals surface area contributed by atoms with E-state index in [0.29, 0.717) is 16.0 Å². The first-order valence-electron chi connectivity index (χ1n) is 12.0. The number of hydrogen-bond donors (Lipinski definition) is 0. The summed E-state index contributed by atoms with van der Waals surface area (Å²) in [4.78, 5) is 41.7. The molecular formula is C24H27N5O7S2. The van der Waals surface area contributed by atoms with Crippen molar-refractivity contribution in [3.63, 3.8) is 0 Å². The summed E-state index contributed by atoms with van der Waals surface area (Å²) < 4.78 is 34.9. The third-order valence-corrected chi connectivity index (χ3v) is 8.98. The molecule has 2 amide bonds. The van der Waals surface area contributed by atoms with Gasteiger partial charge in [-0.25, -0.2) is 13.2 Å². The van der Waals surface area contributed by atoms with E-state index in [4.69, 9.17) is 4.74 Å². The minimum atomic E-state index is -3.81. The van der Waals surface area contributed by atoms with Crippen LogP contribution in [0.3, 0.4) is 0 Å². The maximum absolute atomic E-state index is 13.1. The Morgan fingerprint density at radius 1 is 1.08 bits per heavy atom. The molecule has 1 aromatic heterocycles. The summed E-state index contributed by atoms with van der Waals surface area (Å²) in [7, 11) is -3.81. The second kappa shape index (κ2) is 11.4. The molecule has 0 N–H and O–H groups in total. The van der Waals surface area contributed by atoms with Crippen LogP contribution in [-0.4, -0.2) is 71.9 Å². The second-order valence-corrected chi connectivity index (χ2v) is 11.4. The number of benzene rings is 2. The number of piperazine rings is 1. The summed E-state index contributed by atoms with van der Waals surface area (Å²) in [6, 6.07) is 10.1. The lowest BCUT2D eigenvalue weighted by molar-refractivity contribution is -0.384. The van der Waals surface area contributed by atoms with Gasteiger partial charge in [0.2, 0.25) is 10.0 Å². The summed E-state index contributed by atoms with van der Waals surface area (Å²) in [5.74, 6) is -0.553. The Bertz CT molecular complexity index is 1540. The van der Waals surface area contributed by atoms with Crippen molar-refractivity contribution in [2.45, 2.75) is 31.7 Å². The van der Waals surface area contributed by atoms with E-state index in [0.717, 1.165) is 11.9 Å². The molecule has 38 heavy (non-hydrogen) atoms. The fourth-order valence-electron chi connectivity index (χ4n) is 4.10. The normalized spacial score (nSPS) is 15.1. The Morgan fingerprint density at radius 3 is 2.37 bits per heavy atom. The van der Waals surface area contributed by atoms with Gasteiger partial charge in [-0.15, -0.1) is 0 Å². The molecule has 1 aliphatic rings. The summed E-state index contributed by atoms with van der Waals surface area (Å²) in [6.45, 7) is 5.23. The van der Waals surface area contributed by atoms with E-state index < -0.39 is 26.9 Å². The number of fused-ring (bicyclic) bond motifs is 1. The zero-order chi connectivity index (χ0) is 27.4. The van der Waals surface area contributed by atoms with Gasteiger partial charge in [0, 0.05) is 50.4 Å². The van der Waals surface area contributed by atoms with Crippen molar-refractivity contribution in [1.82, 2.24) is 13.8 Å². The van der Waals surface area contributed by atoms with Gasteiger partial charge < -0.3 is 14.2 Å².